The number of esters is 1. The van der Waals surface area contributed by atoms with Crippen molar-refractivity contribution in [2.75, 3.05) is 7.11 Å². The maximum atomic E-state index is 12.4. The first-order valence-corrected chi connectivity index (χ1v) is 8.04. The average Bonchev–Trinajstić information content (AvgIpc) is 2.49. The summed E-state index contributed by atoms with van der Waals surface area (Å²) in [6.07, 6.45) is 5.73. The van der Waals surface area contributed by atoms with E-state index in [0.29, 0.717) is 15.6 Å². The minimum atomic E-state index is -0.987. The standard InChI is InChI=1S/C16H21Cl2NO2/c1-16(15(20)21-2,19-12-6-4-3-5-7-12)13-10-11(17)8-9-14(13)18/h8-10,12,19H,3-7H2,1-2H3. The number of carbonyl (C=O) groups is 1. The van der Waals surface area contributed by atoms with E-state index < -0.39 is 5.54 Å². The number of ether oxygens (including phenoxy) is 1. The molecule has 1 saturated carbocycles. The van der Waals surface area contributed by atoms with Crippen LogP contribution in [0.1, 0.15) is 44.6 Å². The zero-order valence-electron chi connectivity index (χ0n) is 12.4. The normalized spacial score (nSPS) is 19.0. The molecule has 1 unspecified atom stereocenters. The molecule has 0 bridgehead atoms. The predicted molar refractivity (Wildman–Crippen MR) is 85.8 cm³/mol. The van der Waals surface area contributed by atoms with Gasteiger partial charge in [0.1, 0.15) is 5.54 Å². The van der Waals surface area contributed by atoms with E-state index in [2.05, 4.69) is 5.32 Å². The van der Waals surface area contributed by atoms with Crippen molar-refractivity contribution in [3.05, 3.63) is 33.8 Å². The van der Waals surface area contributed by atoms with E-state index in [0.717, 1.165) is 12.8 Å². The number of methoxy groups -OCH3 is 1. The van der Waals surface area contributed by atoms with Gasteiger partial charge in [-0.1, -0.05) is 42.5 Å². The minimum absolute atomic E-state index is 0.290. The van der Waals surface area contributed by atoms with Gasteiger partial charge in [-0.25, -0.2) is 4.79 Å². The number of hydrogen-bond acceptors (Lipinski definition) is 3. The third-order valence-electron chi connectivity index (χ3n) is 4.16. The van der Waals surface area contributed by atoms with E-state index >= 15 is 0 Å². The van der Waals surface area contributed by atoms with Gasteiger partial charge in [-0.3, -0.25) is 5.32 Å². The van der Waals surface area contributed by atoms with Crippen LogP contribution in [0.2, 0.25) is 10.0 Å². The predicted octanol–water partition coefficient (Wildman–Crippen LogP) is 4.30. The van der Waals surface area contributed by atoms with Crippen molar-refractivity contribution >= 4 is 29.2 Å². The number of halogens is 2. The Morgan fingerprint density at radius 3 is 2.57 bits per heavy atom. The van der Waals surface area contributed by atoms with Gasteiger partial charge in [0.15, 0.2) is 0 Å². The molecule has 0 spiro atoms. The number of nitrogens with one attached hydrogen (secondary N) is 1. The Morgan fingerprint density at radius 2 is 1.95 bits per heavy atom. The summed E-state index contributed by atoms with van der Waals surface area (Å²) in [7, 11) is 1.39. The van der Waals surface area contributed by atoms with E-state index in [-0.39, 0.29) is 12.0 Å². The molecule has 5 heteroatoms. The van der Waals surface area contributed by atoms with Gasteiger partial charge in [0.05, 0.1) is 7.11 Å². The smallest absolute Gasteiger partial charge is 0.330 e. The molecule has 1 fully saturated rings. The molecule has 1 aromatic carbocycles. The lowest BCUT2D eigenvalue weighted by Crippen LogP contribution is -2.52. The van der Waals surface area contributed by atoms with Gasteiger partial charge < -0.3 is 4.74 Å². The van der Waals surface area contributed by atoms with Crippen molar-refractivity contribution in [2.24, 2.45) is 0 Å². The highest BCUT2D eigenvalue weighted by Crippen LogP contribution is 2.33. The summed E-state index contributed by atoms with van der Waals surface area (Å²) in [5.74, 6) is -0.350. The van der Waals surface area contributed by atoms with Gasteiger partial charge in [-0.15, -0.1) is 0 Å². The molecule has 1 aromatic rings. The minimum Gasteiger partial charge on any atom is -0.467 e. The van der Waals surface area contributed by atoms with Gasteiger partial charge in [-0.2, -0.15) is 0 Å². The molecule has 0 aliphatic heterocycles. The second-order valence-electron chi connectivity index (χ2n) is 5.72. The molecule has 0 saturated heterocycles. The van der Waals surface area contributed by atoms with Crippen LogP contribution in [0.25, 0.3) is 0 Å². The van der Waals surface area contributed by atoms with Crippen LogP contribution in [0.5, 0.6) is 0 Å². The number of carbonyl (C=O) groups excluding carboxylic acids is 1. The average molecular weight is 330 g/mol. The zero-order chi connectivity index (χ0) is 15.5. The van der Waals surface area contributed by atoms with E-state index in [1.807, 2.05) is 6.92 Å². The van der Waals surface area contributed by atoms with Crippen LogP contribution in [0.4, 0.5) is 0 Å². The van der Waals surface area contributed by atoms with Gasteiger partial charge >= 0.3 is 5.97 Å². The first kappa shape index (κ1) is 16.6. The SMILES string of the molecule is COC(=O)C(C)(NC1CCCCC1)c1cc(Cl)ccc1Cl. The quantitative estimate of drug-likeness (QED) is 0.837. The summed E-state index contributed by atoms with van der Waals surface area (Å²) in [4.78, 5) is 12.4. The molecule has 116 valence electrons. The van der Waals surface area contributed by atoms with Crippen LogP contribution >= 0.6 is 23.2 Å². The van der Waals surface area contributed by atoms with Crippen LogP contribution in [0.15, 0.2) is 18.2 Å². The van der Waals surface area contributed by atoms with E-state index in [1.165, 1.54) is 26.4 Å². The van der Waals surface area contributed by atoms with Gasteiger partial charge in [-0.05, 0) is 38.0 Å². The Hall–Kier alpha value is -0.770. The molecule has 3 nitrogen and oxygen atoms in total. The summed E-state index contributed by atoms with van der Waals surface area (Å²) < 4.78 is 5.00. The summed E-state index contributed by atoms with van der Waals surface area (Å²) in [6.45, 7) is 1.81. The van der Waals surface area contributed by atoms with Crippen molar-refractivity contribution in [2.45, 2.75) is 50.6 Å². The summed E-state index contributed by atoms with van der Waals surface area (Å²) in [6, 6.07) is 5.45. The van der Waals surface area contributed by atoms with Crippen LogP contribution in [0, 0.1) is 0 Å². The second kappa shape index (κ2) is 6.99. The molecule has 0 heterocycles. The highest BCUT2D eigenvalue weighted by atomic mass is 35.5. The monoisotopic (exact) mass is 329 g/mol. The largest absolute Gasteiger partial charge is 0.467 e. The summed E-state index contributed by atoms with van der Waals surface area (Å²) >= 11 is 12.4. The topological polar surface area (TPSA) is 38.3 Å². The van der Waals surface area contributed by atoms with Crippen molar-refractivity contribution in [3.63, 3.8) is 0 Å². The molecule has 2 rings (SSSR count). The lowest BCUT2D eigenvalue weighted by Gasteiger charge is -2.35. The van der Waals surface area contributed by atoms with Crippen molar-refractivity contribution in [1.29, 1.82) is 0 Å². The van der Waals surface area contributed by atoms with Crippen LogP contribution < -0.4 is 5.32 Å². The number of rotatable bonds is 4. The lowest BCUT2D eigenvalue weighted by molar-refractivity contribution is -0.148. The Bertz CT molecular complexity index is 515. The van der Waals surface area contributed by atoms with Crippen molar-refractivity contribution in [3.8, 4) is 0 Å². The van der Waals surface area contributed by atoms with Crippen LogP contribution in [-0.2, 0) is 15.1 Å². The third-order valence-corrected chi connectivity index (χ3v) is 4.72. The molecule has 0 amide bonds. The molecule has 1 N–H and O–H groups in total. The van der Waals surface area contributed by atoms with Crippen molar-refractivity contribution < 1.29 is 9.53 Å². The molecule has 1 aliphatic carbocycles. The highest BCUT2D eigenvalue weighted by Gasteiger charge is 2.40. The fourth-order valence-corrected chi connectivity index (χ4v) is 3.47. The molecular weight excluding hydrogens is 309 g/mol. The van der Waals surface area contributed by atoms with E-state index in [4.69, 9.17) is 27.9 Å². The van der Waals surface area contributed by atoms with E-state index in [9.17, 15) is 4.79 Å². The van der Waals surface area contributed by atoms with Gasteiger partial charge in [0.2, 0.25) is 0 Å². The van der Waals surface area contributed by atoms with E-state index in [1.54, 1.807) is 18.2 Å². The Balaban J connectivity index is 2.35. The number of benzene rings is 1. The fourth-order valence-electron chi connectivity index (χ4n) is 2.99. The zero-order valence-corrected chi connectivity index (χ0v) is 13.9. The fraction of sp³-hybridized carbons (Fsp3) is 0.562. The van der Waals surface area contributed by atoms with Crippen LogP contribution in [0.3, 0.4) is 0 Å². The second-order valence-corrected chi connectivity index (χ2v) is 6.56. The first-order chi connectivity index (χ1) is 9.97. The summed E-state index contributed by atoms with van der Waals surface area (Å²) in [5, 5.41) is 4.51. The number of hydrogen-bond donors (Lipinski definition) is 1. The Kier molecular flexibility index (Phi) is 5.53. The first-order valence-electron chi connectivity index (χ1n) is 7.29. The molecule has 21 heavy (non-hydrogen) atoms. The lowest BCUT2D eigenvalue weighted by atomic mass is 9.87. The van der Waals surface area contributed by atoms with Gasteiger partial charge in [0, 0.05) is 21.7 Å². The van der Waals surface area contributed by atoms with Crippen molar-refractivity contribution in [1.82, 2.24) is 5.32 Å². The highest BCUT2D eigenvalue weighted by molar-refractivity contribution is 6.33. The Labute approximate surface area is 136 Å². The molecule has 0 radical (unpaired) electrons. The molecule has 1 atom stereocenters. The van der Waals surface area contributed by atoms with Gasteiger partial charge in [0.25, 0.3) is 0 Å². The maximum Gasteiger partial charge on any atom is 0.330 e. The maximum absolute atomic E-state index is 12.4. The molecule has 1 aliphatic rings. The molecular formula is C16H21Cl2NO2. The third kappa shape index (κ3) is 3.71. The van der Waals surface area contributed by atoms with Crippen LogP contribution in [-0.4, -0.2) is 19.1 Å². The Morgan fingerprint density at radius 1 is 1.29 bits per heavy atom. The summed E-state index contributed by atoms with van der Waals surface area (Å²) in [5.41, 5.74) is -0.326. The molecule has 0 aromatic heterocycles.